The van der Waals surface area contributed by atoms with E-state index in [9.17, 15) is 0 Å². The Morgan fingerprint density at radius 2 is 2.10 bits per heavy atom. The van der Waals surface area contributed by atoms with Gasteiger partial charge in [0.05, 0.1) is 5.69 Å². The highest BCUT2D eigenvalue weighted by atomic mass is 32.1. The summed E-state index contributed by atoms with van der Waals surface area (Å²) < 4.78 is 3.33. The third kappa shape index (κ3) is 2.87. The minimum absolute atomic E-state index is 0.00133. The average molecular weight is 299 g/mol. The first-order valence-electron chi connectivity index (χ1n) is 7.44. The third-order valence-corrected chi connectivity index (χ3v) is 5.03. The van der Waals surface area contributed by atoms with E-state index in [0.29, 0.717) is 6.04 Å². The Bertz CT molecular complexity index is 728. The quantitative estimate of drug-likeness (QED) is 0.763. The zero-order valence-corrected chi connectivity index (χ0v) is 13.3. The second-order valence-electron chi connectivity index (χ2n) is 5.54. The molecule has 3 nitrogen and oxygen atoms in total. The highest BCUT2D eigenvalue weighted by Gasteiger charge is 2.14. The number of aromatic nitrogens is 2. The van der Waals surface area contributed by atoms with Gasteiger partial charge in [0.25, 0.3) is 0 Å². The lowest BCUT2D eigenvalue weighted by Crippen LogP contribution is -2.14. The Labute approximate surface area is 129 Å². The van der Waals surface area contributed by atoms with Crippen molar-refractivity contribution in [3.05, 3.63) is 53.2 Å². The first kappa shape index (κ1) is 14.3. The maximum Gasteiger partial charge on any atom is 0.0643 e. The monoisotopic (exact) mass is 299 g/mol. The first-order valence-corrected chi connectivity index (χ1v) is 8.32. The molecule has 110 valence electrons. The molecule has 2 heterocycles. The van der Waals surface area contributed by atoms with Crippen molar-refractivity contribution >= 4 is 21.4 Å². The predicted octanol–water partition coefficient (Wildman–Crippen LogP) is 4.31. The molecule has 4 heteroatoms. The molecule has 0 spiro atoms. The van der Waals surface area contributed by atoms with Crippen LogP contribution in [0.25, 0.3) is 10.1 Å². The minimum atomic E-state index is 0.00133. The summed E-state index contributed by atoms with van der Waals surface area (Å²) >= 11 is 1.76. The fourth-order valence-corrected chi connectivity index (χ4v) is 3.57. The van der Waals surface area contributed by atoms with Crippen molar-refractivity contribution in [2.24, 2.45) is 5.73 Å². The van der Waals surface area contributed by atoms with Crippen LogP contribution in [0.4, 0.5) is 0 Å². The number of hydrogen-bond donors (Lipinski definition) is 1. The molecule has 0 saturated carbocycles. The van der Waals surface area contributed by atoms with E-state index in [4.69, 9.17) is 5.73 Å². The summed E-state index contributed by atoms with van der Waals surface area (Å²) in [5, 5.41) is 8.11. The molecule has 2 unspecified atom stereocenters. The molecule has 0 aliphatic carbocycles. The number of nitrogens with zero attached hydrogens (tertiary/aromatic N) is 2. The maximum atomic E-state index is 6.41. The van der Waals surface area contributed by atoms with Crippen molar-refractivity contribution in [1.82, 2.24) is 9.78 Å². The van der Waals surface area contributed by atoms with E-state index in [1.807, 2.05) is 4.68 Å². The summed E-state index contributed by atoms with van der Waals surface area (Å²) in [6, 6.07) is 11.0. The van der Waals surface area contributed by atoms with E-state index in [0.717, 1.165) is 18.5 Å². The van der Waals surface area contributed by atoms with Crippen LogP contribution in [0.1, 0.15) is 43.6 Å². The van der Waals surface area contributed by atoms with Gasteiger partial charge in [-0.15, -0.1) is 11.3 Å². The smallest absolute Gasteiger partial charge is 0.0643 e. The number of benzene rings is 1. The van der Waals surface area contributed by atoms with Gasteiger partial charge in [0, 0.05) is 29.4 Å². The third-order valence-electron chi connectivity index (χ3n) is 4.05. The van der Waals surface area contributed by atoms with Gasteiger partial charge in [0.1, 0.15) is 0 Å². The van der Waals surface area contributed by atoms with Crippen LogP contribution in [0.15, 0.2) is 41.9 Å². The summed E-state index contributed by atoms with van der Waals surface area (Å²) in [7, 11) is 0. The van der Waals surface area contributed by atoms with Crippen LogP contribution in [0.3, 0.4) is 0 Å². The predicted molar refractivity (Wildman–Crippen MR) is 89.7 cm³/mol. The largest absolute Gasteiger partial charge is 0.324 e. The van der Waals surface area contributed by atoms with Gasteiger partial charge in [-0.2, -0.15) is 5.10 Å². The van der Waals surface area contributed by atoms with E-state index >= 15 is 0 Å². The van der Waals surface area contributed by atoms with Crippen LogP contribution in [-0.4, -0.2) is 9.78 Å². The molecule has 0 bridgehead atoms. The molecule has 0 aliphatic heterocycles. The van der Waals surface area contributed by atoms with Crippen LogP contribution in [0.2, 0.25) is 0 Å². The van der Waals surface area contributed by atoms with Crippen LogP contribution in [0, 0.1) is 0 Å². The summed E-state index contributed by atoms with van der Waals surface area (Å²) in [4.78, 5) is 0. The lowest BCUT2D eigenvalue weighted by Gasteiger charge is -2.10. The summed E-state index contributed by atoms with van der Waals surface area (Å²) in [5.41, 5.74) is 8.71. The summed E-state index contributed by atoms with van der Waals surface area (Å²) in [6.07, 6.45) is 3.93. The lowest BCUT2D eigenvalue weighted by molar-refractivity contribution is 0.472. The summed E-state index contributed by atoms with van der Waals surface area (Å²) in [5.74, 6) is 0. The molecule has 3 rings (SSSR count). The van der Waals surface area contributed by atoms with E-state index in [-0.39, 0.29) is 6.04 Å². The van der Waals surface area contributed by atoms with Crippen molar-refractivity contribution < 1.29 is 0 Å². The van der Waals surface area contributed by atoms with Gasteiger partial charge in [-0.05, 0) is 41.8 Å². The molecule has 0 amide bonds. The number of nitrogens with two attached hydrogens (primary N) is 1. The van der Waals surface area contributed by atoms with Crippen LogP contribution in [-0.2, 0) is 6.42 Å². The van der Waals surface area contributed by atoms with E-state index < -0.39 is 0 Å². The minimum Gasteiger partial charge on any atom is -0.324 e. The number of fused-ring (bicyclic) bond motifs is 1. The second-order valence-corrected chi connectivity index (χ2v) is 6.45. The zero-order valence-electron chi connectivity index (χ0n) is 12.5. The molecule has 2 N–H and O–H groups in total. The van der Waals surface area contributed by atoms with E-state index in [2.05, 4.69) is 60.9 Å². The van der Waals surface area contributed by atoms with Crippen molar-refractivity contribution in [3.8, 4) is 0 Å². The molecule has 3 aromatic rings. The van der Waals surface area contributed by atoms with Gasteiger partial charge in [0.2, 0.25) is 0 Å². The Kier molecular flexibility index (Phi) is 4.08. The molecule has 0 fully saturated rings. The summed E-state index contributed by atoms with van der Waals surface area (Å²) in [6.45, 7) is 4.36. The first-order chi connectivity index (χ1) is 10.2. The molecule has 0 saturated heterocycles. The standard InChI is InChI=1S/C17H21N3S/c1-3-12(2)20-9-8-13(19-20)10-16(18)15-11-21-17-7-5-4-6-14(15)17/h4-9,11-12,16H,3,10,18H2,1-2H3. The highest BCUT2D eigenvalue weighted by Crippen LogP contribution is 2.30. The molecule has 0 aliphatic rings. The molecular formula is C17H21N3S. The molecular weight excluding hydrogens is 278 g/mol. The number of hydrogen-bond acceptors (Lipinski definition) is 3. The molecule has 0 radical (unpaired) electrons. The van der Waals surface area contributed by atoms with Gasteiger partial charge in [0.15, 0.2) is 0 Å². The lowest BCUT2D eigenvalue weighted by atomic mass is 10.0. The number of rotatable bonds is 5. The fourth-order valence-electron chi connectivity index (χ4n) is 2.54. The van der Waals surface area contributed by atoms with Crippen molar-refractivity contribution in [2.45, 2.75) is 38.8 Å². The van der Waals surface area contributed by atoms with Gasteiger partial charge < -0.3 is 5.73 Å². The Morgan fingerprint density at radius 3 is 2.90 bits per heavy atom. The topological polar surface area (TPSA) is 43.8 Å². The average Bonchev–Trinajstić information content (AvgIpc) is 3.12. The van der Waals surface area contributed by atoms with Gasteiger partial charge in [-0.3, -0.25) is 4.68 Å². The van der Waals surface area contributed by atoms with Crippen LogP contribution < -0.4 is 5.73 Å². The fraction of sp³-hybridized carbons (Fsp3) is 0.353. The second kappa shape index (κ2) is 6.00. The van der Waals surface area contributed by atoms with Crippen molar-refractivity contribution in [2.75, 3.05) is 0 Å². The SMILES string of the molecule is CCC(C)n1ccc(CC(N)c2csc3ccccc23)n1. The Balaban J connectivity index is 1.80. The Hall–Kier alpha value is -1.65. The normalized spacial score (nSPS) is 14.4. The highest BCUT2D eigenvalue weighted by molar-refractivity contribution is 7.17. The van der Waals surface area contributed by atoms with Crippen LogP contribution in [0.5, 0.6) is 0 Å². The van der Waals surface area contributed by atoms with Gasteiger partial charge in [-0.1, -0.05) is 25.1 Å². The van der Waals surface area contributed by atoms with Crippen LogP contribution >= 0.6 is 11.3 Å². The van der Waals surface area contributed by atoms with Gasteiger partial charge in [-0.25, -0.2) is 0 Å². The van der Waals surface area contributed by atoms with Gasteiger partial charge >= 0.3 is 0 Å². The van der Waals surface area contributed by atoms with E-state index in [1.54, 1.807) is 11.3 Å². The van der Waals surface area contributed by atoms with E-state index in [1.165, 1.54) is 15.6 Å². The molecule has 21 heavy (non-hydrogen) atoms. The molecule has 1 aromatic carbocycles. The zero-order chi connectivity index (χ0) is 14.8. The molecule has 2 atom stereocenters. The maximum absolute atomic E-state index is 6.41. The van der Waals surface area contributed by atoms with Crippen molar-refractivity contribution in [3.63, 3.8) is 0 Å². The molecule has 2 aromatic heterocycles. The van der Waals surface area contributed by atoms with Crippen molar-refractivity contribution in [1.29, 1.82) is 0 Å². The number of thiophene rings is 1. The Morgan fingerprint density at radius 1 is 1.29 bits per heavy atom.